The summed E-state index contributed by atoms with van der Waals surface area (Å²) in [6, 6.07) is 5.65. The zero-order valence-corrected chi connectivity index (χ0v) is 15.1. The molecule has 8 heteroatoms. The lowest BCUT2D eigenvalue weighted by molar-refractivity contribution is -0.128. The molecule has 1 atom stereocenters. The van der Waals surface area contributed by atoms with Gasteiger partial charge in [0.2, 0.25) is 5.91 Å². The lowest BCUT2D eigenvalue weighted by Crippen LogP contribution is -2.46. The first-order chi connectivity index (χ1) is 12.3. The number of hydrogen-bond donors (Lipinski definition) is 2. The van der Waals surface area contributed by atoms with E-state index in [1.807, 2.05) is 0 Å². The molecule has 1 aliphatic rings. The molecule has 2 N–H and O–H groups in total. The lowest BCUT2D eigenvalue weighted by atomic mass is 10.2. The minimum Gasteiger partial charge on any atom is -0.449 e. The number of nitrogens with one attached hydrogen (secondary N) is 2. The van der Waals surface area contributed by atoms with E-state index in [0.717, 1.165) is 12.1 Å². The quantitative estimate of drug-likeness (QED) is 0.775. The fourth-order valence-corrected chi connectivity index (χ4v) is 2.49. The van der Waals surface area contributed by atoms with Gasteiger partial charge in [0, 0.05) is 24.7 Å². The summed E-state index contributed by atoms with van der Waals surface area (Å²) in [5.41, 5.74) is 0.979. The second-order valence-corrected chi connectivity index (χ2v) is 6.36. The Hall–Kier alpha value is -2.90. The van der Waals surface area contributed by atoms with Gasteiger partial charge in [-0.2, -0.15) is 0 Å². The maximum Gasteiger partial charge on any atom is 0.338 e. The van der Waals surface area contributed by atoms with Crippen LogP contribution in [0.5, 0.6) is 0 Å². The Kier molecular flexibility index (Phi) is 6.32. The molecule has 26 heavy (non-hydrogen) atoms. The number of ether oxygens (including phenoxy) is 1. The number of anilines is 1. The van der Waals surface area contributed by atoms with E-state index in [1.54, 1.807) is 43.0 Å². The average molecular weight is 361 g/mol. The fourth-order valence-electron chi connectivity index (χ4n) is 2.49. The molecule has 0 spiro atoms. The maximum atomic E-state index is 12.1. The smallest absolute Gasteiger partial charge is 0.338 e. The van der Waals surface area contributed by atoms with E-state index in [0.29, 0.717) is 13.0 Å². The van der Waals surface area contributed by atoms with Gasteiger partial charge in [-0.3, -0.25) is 14.9 Å². The number of hydrogen-bond acceptors (Lipinski definition) is 5. The van der Waals surface area contributed by atoms with Crippen LogP contribution < -0.4 is 15.5 Å². The summed E-state index contributed by atoms with van der Waals surface area (Å²) >= 11 is 0. The predicted molar refractivity (Wildman–Crippen MR) is 94.7 cm³/mol. The van der Waals surface area contributed by atoms with Crippen LogP contribution in [0.3, 0.4) is 0 Å². The molecule has 1 aromatic carbocycles. The summed E-state index contributed by atoms with van der Waals surface area (Å²) in [6.07, 6.45) is 0.223. The SMILES string of the molecule is CC(C)NC(=O)NC(=O)[C@H](C)OC(=O)c1ccc(N2CCCC2=O)cc1. The van der Waals surface area contributed by atoms with Crippen LogP contribution >= 0.6 is 0 Å². The van der Waals surface area contributed by atoms with Gasteiger partial charge >= 0.3 is 12.0 Å². The van der Waals surface area contributed by atoms with Gasteiger partial charge in [-0.1, -0.05) is 0 Å². The highest BCUT2D eigenvalue weighted by molar-refractivity contribution is 5.99. The van der Waals surface area contributed by atoms with E-state index in [4.69, 9.17) is 4.74 Å². The van der Waals surface area contributed by atoms with E-state index in [2.05, 4.69) is 10.6 Å². The van der Waals surface area contributed by atoms with Gasteiger partial charge in [-0.15, -0.1) is 0 Å². The normalized spacial score (nSPS) is 14.9. The molecule has 1 fully saturated rings. The van der Waals surface area contributed by atoms with E-state index in [1.165, 1.54) is 6.92 Å². The van der Waals surface area contributed by atoms with Gasteiger partial charge < -0.3 is 15.0 Å². The number of carbonyl (C=O) groups excluding carboxylic acids is 4. The van der Waals surface area contributed by atoms with Crippen LogP contribution in [0.4, 0.5) is 10.5 Å². The molecular weight excluding hydrogens is 338 g/mol. The molecule has 0 bridgehead atoms. The molecule has 0 saturated carbocycles. The van der Waals surface area contributed by atoms with Crippen LogP contribution in [0.15, 0.2) is 24.3 Å². The van der Waals surface area contributed by atoms with Crippen LogP contribution in [0.25, 0.3) is 0 Å². The van der Waals surface area contributed by atoms with Crippen molar-refractivity contribution < 1.29 is 23.9 Å². The first kappa shape index (κ1) is 19.4. The van der Waals surface area contributed by atoms with Gasteiger partial charge in [0.15, 0.2) is 6.10 Å². The summed E-state index contributed by atoms with van der Waals surface area (Å²) in [6.45, 7) is 5.56. The molecule has 1 aliphatic heterocycles. The molecule has 8 nitrogen and oxygen atoms in total. The number of urea groups is 1. The Morgan fingerprint density at radius 1 is 1.12 bits per heavy atom. The zero-order chi connectivity index (χ0) is 19.3. The highest BCUT2D eigenvalue weighted by Crippen LogP contribution is 2.21. The van der Waals surface area contributed by atoms with Crippen molar-refractivity contribution >= 4 is 29.5 Å². The third-order valence-corrected chi connectivity index (χ3v) is 3.80. The molecular formula is C18H23N3O5. The number of imide groups is 1. The number of carbonyl (C=O) groups is 4. The average Bonchev–Trinajstić information content (AvgIpc) is 3.00. The van der Waals surface area contributed by atoms with Crippen molar-refractivity contribution in [3.05, 3.63) is 29.8 Å². The third-order valence-electron chi connectivity index (χ3n) is 3.80. The minimum atomic E-state index is -1.12. The first-order valence-corrected chi connectivity index (χ1v) is 8.50. The molecule has 1 heterocycles. The monoisotopic (exact) mass is 361 g/mol. The molecule has 140 valence electrons. The molecule has 0 aliphatic carbocycles. The molecule has 4 amide bonds. The Bertz CT molecular complexity index is 699. The van der Waals surface area contributed by atoms with Crippen LogP contribution in [0.2, 0.25) is 0 Å². The van der Waals surface area contributed by atoms with Gasteiger partial charge in [0.05, 0.1) is 5.56 Å². The lowest BCUT2D eigenvalue weighted by Gasteiger charge is -2.16. The van der Waals surface area contributed by atoms with Crippen molar-refractivity contribution in [1.29, 1.82) is 0 Å². The first-order valence-electron chi connectivity index (χ1n) is 8.50. The van der Waals surface area contributed by atoms with Crippen molar-refractivity contribution in [2.24, 2.45) is 0 Å². The number of amides is 4. The summed E-state index contributed by atoms with van der Waals surface area (Å²) in [4.78, 5) is 48.9. The second kappa shape index (κ2) is 8.46. The van der Waals surface area contributed by atoms with Crippen molar-refractivity contribution in [2.75, 3.05) is 11.4 Å². The van der Waals surface area contributed by atoms with E-state index in [-0.39, 0.29) is 17.5 Å². The van der Waals surface area contributed by atoms with Crippen molar-refractivity contribution in [2.45, 2.75) is 45.8 Å². The Morgan fingerprint density at radius 3 is 2.31 bits per heavy atom. The molecule has 0 radical (unpaired) electrons. The topological polar surface area (TPSA) is 105 Å². The van der Waals surface area contributed by atoms with Crippen LogP contribution in [0.1, 0.15) is 44.0 Å². The molecule has 1 saturated heterocycles. The Labute approximate surface area is 151 Å². The standard InChI is InChI=1S/C18H23N3O5/c1-11(2)19-18(25)20-16(23)12(3)26-17(24)13-6-8-14(9-7-13)21-10-4-5-15(21)22/h6-9,11-12H,4-5,10H2,1-3H3,(H2,19,20,23,25)/t12-/m0/s1. The third kappa shape index (κ3) is 5.05. The number of rotatable bonds is 5. The van der Waals surface area contributed by atoms with Crippen molar-refractivity contribution in [3.8, 4) is 0 Å². The van der Waals surface area contributed by atoms with Gasteiger partial charge in [0.1, 0.15) is 0 Å². The predicted octanol–water partition coefficient (Wildman–Crippen LogP) is 1.59. The molecule has 1 aromatic rings. The summed E-state index contributed by atoms with van der Waals surface area (Å²) in [5, 5.41) is 4.62. The Morgan fingerprint density at radius 2 is 1.77 bits per heavy atom. The maximum absolute atomic E-state index is 12.1. The van der Waals surface area contributed by atoms with E-state index >= 15 is 0 Å². The highest BCUT2D eigenvalue weighted by atomic mass is 16.5. The zero-order valence-electron chi connectivity index (χ0n) is 15.1. The Balaban J connectivity index is 1.91. The molecule has 0 aromatic heterocycles. The van der Waals surface area contributed by atoms with Crippen LogP contribution in [-0.4, -0.2) is 42.5 Å². The van der Waals surface area contributed by atoms with Gasteiger partial charge in [-0.05, 0) is 51.5 Å². The molecule has 0 unspecified atom stereocenters. The number of nitrogens with zero attached hydrogens (tertiary/aromatic N) is 1. The van der Waals surface area contributed by atoms with Crippen molar-refractivity contribution in [3.63, 3.8) is 0 Å². The van der Waals surface area contributed by atoms with Gasteiger partial charge in [-0.25, -0.2) is 9.59 Å². The van der Waals surface area contributed by atoms with Gasteiger partial charge in [0.25, 0.3) is 5.91 Å². The minimum absolute atomic E-state index is 0.0605. The van der Waals surface area contributed by atoms with Crippen molar-refractivity contribution in [1.82, 2.24) is 10.6 Å². The van der Waals surface area contributed by atoms with Crippen LogP contribution in [0, 0.1) is 0 Å². The summed E-state index contributed by atoms with van der Waals surface area (Å²) in [7, 11) is 0. The summed E-state index contributed by atoms with van der Waals surface area (Å²) < 4.78 is 5.08. The number of benzene rings is 1. The summed E-state index contributed by atoms with van der Waals surface area (Å²) in [5.74, 6) is -1.34. The number of esters is 1. The van der Waals surface area contributed by atoms with E-state index < -0.39 is 24.0 Å². The fraction of sp³-hybridized carbons (Fsp3) is 0.444. The largest absolute Gasteiger partial charge is 0.449 e. The highest BCUT2D eigenvalue weighted by Gasteiger charge is 2.23. The van der Waals surface area contributed by atoms with E-state index in [9.17, 15) is 19.2 Å². The molecule has 2 rings (SSSR count). The second-order valence-electron chi connectivity index (χ2n) is 6.36. The van der Waals surface area contributed by atoms with Crippen LogP contribution in [-0.2, 0) is 14.3 Å².